The van der Waals surface area contributed by atoms with Crippen LogP contribution in [0.1, 0.15) is 90.0 Å². The number of carbonyl (C=O) groups is 2. The van der Waals surface area contributed by atoms with Gasteiger partial charge in [-0.1, -0.05) is 68.9 Å². The molecule has 5 heteroatoms. The number of aromatic hydroxyl groups is 1. The van der Waals surface area contributed by atoms with E-state index in [9.17, 15) is 14.7 Å². The highest BCUT2D eigenvalue weighted by molar-refractivity contribution is 6.06. The zero-order valence-electron chi connectivity index (χ0n) is 21.9. The third-order valence-corrected chi connectivity index (χ3v) is 8.98. The Labute approximate surface area is 215 Å². The lowest BCUT2D eigenvalue weighted by Crippen LogP contribution is -2.42. The van der Waals surface area contributed by atoms with Crippen molar-refractivity contribution in [2.24, 2.45) is 17.8 Å². The summed E-state index contributed by atoms with van der Waals surface area (Å²) in [5.74, 6) is 0.116. The molecule has 0 aromatic heterocycles. The molecule has 4 atom stereocenters. The summed E-state index contributed by atoms with van der Waals surface area (Å²) < 4.78 is 6.41. The van der Waals surface area contributed by atoms with E-state index in [-0.39, 0.29) is 47.5 Å². The second-order valence-electron chi connectivity index (χ2n) is 11.2. The summed E-state index contributed by atoms with van der Waals surface area (Å²) in [6, 6.07) is 7.44. The number of benzene rings is 1. The smallest absolute Gasteiger partial charge is 0.234 e. The average Bonchev–Trinajstić information content (AvgIpc) is 3.42. The van der Waals surface area contributed by atoms with Crippen LogP contribution >= 0.6 is 0 Å². The number of nitrogens with zero attached hydrogens (tertiary/aromatic N) is 1. The molecule has 2 saturated heterocycles. The van der Waals surface area contributed by atoms with Crippen LogP contribution in [0.25, 0.3) is 6.08 Å². The van der Waals surface area contributed by atoms with Crippen molar-refractivity contribution >= 4 is 17.9 Å². The Morgan fingerprint density at radius 1 is 1.06 bits per heavy atom. The molecule has 36 heavy (non-hydrogen) atoms. The summed E-state index contributed by atoms with van der Waals surface area (Å²) in [7, 11) is 0. The van der Waals surface area contributed by atoms with Crippen LogP contribution in [0.15, 0.2) is 41.0 Å². The lowest BCUT2D eigenvalue weighted by molar-refractivity contribution is -0.143. The minimum absolute atomic E-state index is 0.0406. The van der Waals surface area contributed by atoms with Crippen molar-refractivity contribution in [2.75, 3.05) is 6.61 Å². The highest BCUT2D eigenvalue weighted by Gasteiger charge is 2.57. The SMILES string of the molecule is CCCC1=C2[C@@H](CC/C(=C/c3ccc(O)cc3)CC)OC[C@@H]2[C@@H]2C(=O)N(C3CCCCC3)C(=O)[C@@H]2C1. The van der Waals surface area contributed by atoms with E-state index in [1.165, 1.54) is 23.1 Å². The van der Waals surface area contributed by atoms with Crippen molar-refractivity contribution < 1.29 is 19.4 Å². The van der Waals surface area contributed by atoms with E-state index in [1.807, 2.05) is 12.1 Å². The number of carbonyl (C=O) groups excluding carboxylic acids is 2. The summed E-state index contributed by atoms with van der Waals surface area (Å²) in [5.41, 5.74) is 5.19. The highest BCUT2D eigenvalue weighted by atomic mass is 16.5. The van der Waals surface area contributed by atoms with Gasteiger partial charge < -0.3 is 9.84 Å². The van der Waals surface area contributed by atoms with Gasteiger partial charge in [-0.05, 0) is 68.2 Å². The van der Waals surface area contributed by atoms with Gasteiger partial charge in [-0.25, -0.2) is 0 Å². The number of fused-ring (bicyclic) bond motifs is 3. The number of phenolic OH excluding ortho intramolecular Hbond substituents is 1. The second kappa shape index (κ2) is 10.9. The van der Waals surface area contributed by atoms with Crippen LogP contribution in [0.5, 0.6) is 5.75 Å². The number of rotatable bonds is 8. The van der Waals surface area contributed by atoms with Gasteiger partial charge in [0.25, 0.3) is 0 Å². The summed E-state index contributed by atoms with van der Waals surface area (Å²) in [4.78, 5) is 28.9. The van der Waals surface area contributed by atoms with Crippen molar-refractivity contribution in [3.05, 3.63) is 46.5 Å². The molecule has 3 fully saturated rings. The largest absolute Gasteiger partial charge is 0.508 e. The van der Waals surface area contributed by atoms with E-state index in [1.54, 1.807) is 17.0 Å². The van der Waals surface area contributed by atoms with E-state index in [2.05, 4.69) is 19.9 Å². The maximum absolute atomic E-state index is 13.7. The Hall–Kier alpha value is -2.40. The third kappa shape index (κ3) is 4.79. The molecule has 2 heterocycles. The summed E-state index contributed by atoms with van der Waals surface area (Å²) >= 11 is 0. The molecule has 0 radical (unpaired) electrons. The normalized spacial score (nSPS) is 29.2. The average molecular weight is 492 g/mol. The van der Waals surface area contributed by atoms with Crippen molar-refractivity contribution in [2.45, 2.75) is 96.6 Å². The van der Waals surface area contributed by atoms with Gasteiger partial charge in [0, 0.05) is 12.0 Å². The zero-order valence-corrected chi connectivity index (χ0v) is 21.9. The molecule has 1 saturated carbocycles. The van der Waals surface area contributed by atoms with E-state index < -0.39 is 0 Å². The Kier molecular flexibility index (Phi) is 7.66. The van der Waals surface area contributed by atoms with Gasteiger partial charge in [-0.3, -0.25) is 14.5 Å². The third-order valence-electron chi connectivity index (χ3n) is 8.98. The monoisotopic (exact) mass is 491 g/mol. The van der Waals surface area contributed by atoms with E-state index in [4.69, 9.17) is 4.74 Å². The number of likely N-dealkylation sites (tertiary alicyclic amines) is 1. The van der Waals surface area contributed by atoms with E-state index >= 15 is 0 Å². The summed E-state index contributed by atoms with van der Waals surface area (Å²) in [6.07, 6.45) is 13.2. The molecule has 5 rings (SSSR count). The molecule has 4 aliphatic rings. The van der Waals surface area contributed by atoms with Gasteiger partial charge in [0.05, 0.1) is 24.5 Å². The summed E-state index contributed by atoms with van der Waals surface area (Å²) in [6.45, 7) is 4.94. The molecule has 0 unspecified atom stereocenters. The minimum Gasteiger partial charge on any atom is -0.508 e. The molecule has 0 bridgehead atoms. The summed E-state index contributed by atoms with van der Waals surface area (Å²) in [5, 5.41) is 9.57. The molecule has 2 amide bonds. The number of phenols is 1. The fourth-order valence-corrected chi connectivity index (χ4v) is 7.21. The molecule has 5 nitrogen and oxygen atoms in total. The highest BCUT2D eigenvalue weighted by Crippen LogP contribution is 2.51. The predicted molar refractivity (Wildman–Crippen MR) is 141 cm³/mol. The first-order valence-electron chi connectivity index (χ1n) is 14.2. The molecule has 1 aromatic rings. The van der Waals surface area contributed by atoms with Crippen molar-refractivity contribution in [3.63, 3.8) is 0 Å². The lowest BCUT2D eigenvalue weighted by Gasteiger charge is -2.32. The Balaban J connectivity index is 1.34. The number of imide groups is 1. The maximum atomic E-state index is 13.7. The molecule has 2 aliphatic heterocycles. The number of ether oxygens (including phenoxy) is 1. The van der Waals surface area contributed by atoms with E-state index in [0.29, 0.717) is 6.61 Å². The number of hydrogen-bond donors (Lipinski definition) is 1. The van der Waals surface area contributed by atoms with Gasteiger partial charge in [0.15, 0.2) is 0 Å². The quantitative estimate of drug-likeness (QED) is 0.337. The van der Waals surface area contributed by atoms with Gasteiger partial charge in [-0.15, -0.1) is 0 Å². The van der Waals surface area contributed by atoms with Crippen LogP contribution in [-0.2, 0) is 14.3 Å². The maximum Gasteiger partial charge on any atom is 0.234 e. The van der Waals surface area contributed by atoms with Crippen molar-refractivity contribution in [1.29, 1.82) is 0 Å². The van der Waals surface area contributed by atoms with Gasteiger partial charge >= 0.3 is 0 Å². The Bertz CT molecular complexity index is 1030. The van der Waals surface area contributed by atoms with Crippen LogP contribution in [0.2, 0.25) is 0 Å². The second-order valence-corrected chi connectivity index (χ2v) is 11.2. The number of allylic oxidation sites excluding steroid dienone is 2. The van der Waals surface area contributed by atoms with Gasteiger partial charge in [-0.2, -0.15) is 0 Å². The van der Waals surface area contributed by atoms with Crippen LogP contribution in [-0.4, -0.2) is 40.6 Å². The first-order valence-corrected chi connectivity index (χ1v) is 14.2. The zero-order chi connectivity index (χ0) is 25.2. The van der Waals surface area contributed by atoms with Crippen LogP contribution in [0.3, 0.4) is 0 Å². The predicted octanol–water partition coefficient (Wildman–Crippen LogP) is 6.42. The van der Waals surface area contributed by atoms with Crippen LogP contribution in [0.4, 0.5) is 0 Å². The molecular formula is C31H41NO4. The van der Waals surface area contributed by atoms with Crippen LogP contribution < -0.4 is 0 Å². The Morgan fingerprint density at radius 3 is 2.50 bits per heavy atom. The standard InChI is InChI=1S/C31H41NO4/c1-3-8-22-18-25-29(31(35)32(30(25)34)23-9-6-5-7-10-23)26-19-36-27(28(22)26)16-13-20(4-2)17-21-11-14-24(33)15-12-21/h11-12,14-15,17,23,25-27,29,33H,3-10,13,16,18-19H2,1-2H3/b20-17+/t25-,26+,27-,29-/m1/s1. The topological polar surface area (TPSA) is 66.8 Å². The fraction of sp³-hybridized carbons (Fsp3) is 0.613. The van der Waals surface area contributed by atoms with Crippen molar-refractivity contribution in [1.82, 2.24) is 4.90 Å². The number of amides is 2. The van der Waals surface area contributed by atoms with Crippen LogP contribution in [0, 0.1) is 17.8 Å². The van der Waals surface area contributed by atoms with E-state index in [0.717, 1.165) is 69.8 Å². The van der Waals surface area contributed by atoms with Crippen molar-refractivity contribution in [3.8, 4) is 5.75 Å². The lowest BCUT2D eigenvalue weighted by atomic mass is 9.68. The number of hydrogen-bond acceptors (Lipinski definition) is 4. The first-order chi connectivity index (χ1) is 17.5. The first kappa shape index (κ1) is 25.3. The van der Waals surface area contributed by atoms with Gasteiger partial charge in [0.1, 0.15) is 5.75 Å². The molecule has 2 aliphatic carbocycles. The Morgan fingerprint density at radius 2 is 1.81 bits per heavy atom. The molecule has 194 valence electrons. The fourth-order valence-electron chi connectivity index (χ4n) is 7.21. The molecule has 1 N–H and O–H groups in total. The molecule has 1 aromatic carbocycles. The minimum atomic E-state index is -0.224. The molecule has 0 spiro atoms. The van der Waals surface area contributed by atoms with Gasteiger partial charge in [0.2, 0.25) is 11.8 Å². The molecular weight excluding hydrogens is 450 g/mol.